The number of aliphatic hydroxyl groups excluding tert-OH is 1. The van der Waals surface area contributed by atoms with Crippen molar-refractivity contribution < 1.29 is 9.90 Å². The predicted molar refractivity (Wildman–Crippen MR) is 64.1 cm³/mol. The Morgan fingerprint density at radius 1 is 1.62 bits per heavy atom. The molecule has 2 unspecified atom stereocenters. The molecule has 0 aromatic heterocycles. The molecule has 0 aromatic rings. The molecule has 1 rings (SSSR count). The summed E-state index contributed by atoms with van der Waals surface area (Å²) in [7, 11) is 0. The fourth-order valence-electron chi connectivity index (χ4n) is 2.25. The van der Waals surface area contributed by atoms with E-state index in [0.717, 1.165) is 38.8 Å². The van der Waals surface area contributed by atoms with Gasteiger partial charge in [-0.3, -0.25) is 4.79 Å². The summed E-state index contributed by atoms with van der Waals surface area (Å²) >= 11 is 0. The zero-order chi connectivity index (χ0) is 12.0. The largest absolute Gasteiger partial charge is 0.396 e. The summed E-state index contributed by atoms with van der Waals surface area (Å²) in [5.41, 5.74) is -0.201. The lowest BCUT2D eigenvalue weighted by Crippen LogP contribution is -2.45. The summed E-state index contributed by atoms with van der Waals surface area (Å²) in [6.45, 7) is 6.00. The minimum atomic E-state index is -0.201. The van der Waals surface area contributed by atoms with Gasteiger partial charge in [-0.05, 0) is 39.2 Å². The van der Waals surface area contributed by atoms with Gasteiger partial charge in [0, 0.05) is 19.2 Å². The van der Waals surface area contributed by atoms with Crippen LogP contribution < -0.4 is 10.6 Å². The Kier molecular flexibility index (Phi) is 5.22. The molecule has 0 radical (unpaired) electrons. The Bertz CT molecular complexity index is 225. The summed E-state index contributed by atoms with van der Waals surface area (Å²) in [6, 6.07) is 0.156. The second-order valence-electron chi connectivity index (χ2n) is 4.80. The molecule has 0 saturated carbocycles. The average molecular weight is 228 g/mol. The first-order valence-electron chi connectivity index (χ1n) is 6.27. The Morgan fingerprint density at radius 2 is 2.38 bits per heavy atom. The lowest BCUT2D eigenvalue weighted by Gasteiger charge is -2.27. The highest BCUT2D eigenvalue weighted by Crippen LogP contribution is 2.29. The predicted octanol–water partition coefficient (Wildman–Crippen LogP) is 0.653. The van der Waals surface area contributed by atoms with Gasteiger partial charge >= 0.3 is 0 Å². The van der Waals surface area contributed by atoms with Crippen LogP contribution in [0, 0.1) is 5.41 Å². The van der Waals surface area contributed by atoms with Gasteiger partial charge in [-0.25, -0.2) is 0 Å². The van der Waals surface area contributed by atoms with Crippen LogP contribution >= 0.6 is 0 Å². The van der Waals surface area contributed by atoms with E-state index in [9.17, 15) is 4.79 Å². The lowest BCUT2D eigenvalue weighted by atomic mass is 9.83. The number of carbonyl (C=O) groups excluding carboxylic acids is 1. The molecule has 4 nitrogen and oxygen atoms in total. The smallest absolute Gasteiger partial charge is 0.227 e. The van der Waals surface area contributed by atoms with Crippen molar-refractivity contribution in [1.29, 1.82) is 0 Å². The molecule has 1 saturated heterocycles. The number of amides is 1. The molecule has 1 aliphatic heterocycles. The normalized spacial score (nSPS) is 26.7. The van der Waals surface area contributed by atoms with Crippen molar-refractivity contribution in [1.82, 2.24) is 10.6 Å². The quantitative estimate of drug-likeness (QED) is 0.625. The van der Waals surface area contributed by atoms with Gasteiger partial charge < -0.3 is 15.7 Å². The minimum absolute atomic E-state index is 0.156. The molecular formula is C12H24N2O2. The van der Waals surface area contributed by atoms with Crippen molar-refractivity contribution in [3.63, 3.8) is 0 Å². The average Bonchev–Trinajstić information content (AvgIpc) is 2.76. The maximum atomic E-state index is 12.2. The molecule has 4 heteroatoms. The van der Waals surface area contributed by atoms with Crippen LogP contribution in [0.3, 0.4) is 0 Å². The Balaban J connectivity index is 2.43. The van der Waals surface area contributed by atoms with Gasteiger partial charge in [-0.1, -0.05) is 6.92 Å². The maximum Gasteiger partial charge on any atom is 0.227 e. The van der Waals surface area contributed by atoms with Gasteiger partial charge in [-0.15, -0.1) is 0 Å². The standard InChI is InChI=1S/C12H24N2O2/c1-3-12(6-7-13-9-12)11(16)14-10(2)5-4-8-15/h10,13,15H,3-9H2,1-2H3,(H,14,16). The summed E-state index contributed by atoms with van der Waals surface area (Å²) in [5.74, 6) is 0.172. The van der Waals surface area contributed by atoms with E-state index < -0.39 is 0 Å². The summed E-state index contributed by atoms with van der Waals surface area (Å²) in [6.07, 6.45) is 3.41. The molecular weight excluding hydrogens is 204 g/mol. The van der Waals surface area contributed by atoms with E-state index in [1.54, 1.807) is 0 Å². The Labute approximate surface area is 97.8 Å². The molecule has 0 bridgehead atoms. The minimum Gasteiger partial charge on any atom is -0.396 e. The maximum absolute atomic E-state index is 12.2. The molecule has 1 aliphatic rings. The molecule has 94 valence electrons. The third kappa shape index (κ3) is 3.19. The number of rotatable bonds is 6. The van der Waals surface area contributed by atoms with E-state index in [1.807, 2.05) is 6.92 Å². The molecule has 16 heavy (non-hydrogen) atoms. The van der Waals surface area contributed by atoms with Crippen LogP contribution in [0.15, 0.2) is 0 Å². The fraction of sp³-hybridized carbons (Fsp3) is 0.917. The van der Waals surface area contributed by atoms with Gasteiger partial charge in [0.05, 0.1) is 5.41 Å². The third-order valence-electron chi connectivity index (χ3n) is 3.57. The van der Waals surface area contributed by atoms with E-state index in [0.29, 0.717) is 0 Å². The SMILES string of the molecule is CCC1(C(=O)NC(C)CCCO)CCNC1. The van der Waals surface area contributed by atoms with Gasteiger partial charge in [0.25, 0.3) is 0 Å². The summed E-state index contributed by atoms with van der Waals surface area (Å²) in [5, 5.41) is 15.1. The Morgan fingerprint density at radius 3 is 2.88 bits per heavy atom. The van der Waals surface area contributed by atoms with Gasteiger partial charge in [-0.2, -0.15) is 0 Å². The van der Waals surface area contributed by atoms with E-state index >= 15 is 0 Å². The van der Waals surface area contributed by atoms with Gasteiger partial charge in [0.1, 0.15) is 0 Å². The topological polar surface area (TPSA) is 61.4 Å². The molecule has 0 aliphatic carbocycles. The fourth-order valence-corrected chi connectivity index (χ4v) is 2.25. The monoisotopic (exact) mass is 228 g/mol. The van der Waals surface area contributed by atoms with E-state index in [2.05, 4.69) is 17.6 Å². The number of nitrogens with one attached hydrogen (secondary N) is 2. The number of carbonyl (C=O) groups is 1. The van der Waals surface area contributed by atoms with Crippen LogP contribution in [0.1, 0.15) is 39.5 Å². The number of hydrogen-bond acceptors (Lipinski definition) is 3. The molecule has 0 spiro atoms. The van der Waals surface area contributed by atoms with Crippen LogP contribution in [-0.4, -0.2) is 36.8 Å². The summed E-state index contributed by atoms with van der Waals surface area (Å²) < 4.78 is 0. The van der Waals surface area contributed by atoms with Crippen molar-refractivity contribution in [2.45, 2.75) is 45.6 Å². The van der Waals surface area contributed by atoms with Crippen molar-refractivity contribution in [3.8, 4) is 0 Å². The third-order valence-corrected chi connectivity index (χ3v) is 3.57. The molecule has 2 atom stereocenters. The zero-order valence-electron chi connectivity index (χ0n) is 10.4. The van der Waals surface area contributed by atoms with Crippen molar-refractivity contribution in [2.24, 2.45) is 5.41 Å². The molecule has 1 heterocycles. The molecule has 3 N–H and O–H groups in total. The highest BCUT2D eigenvalue weighted by atomic mass is 16.3. The van der Waals surface area contributed by atoms with Crippen molar-refractivity contribution in [3.05, 3.63) is 0 Å². The highest BCUT2D eigenvalue weighted by Gasteiger charge is 2.39. The number of aliphatic hydroxyl groups is 1. The first kappa shape index (κ1) is 13.5. The second kappa shape index (κ2) is 6.21. The second-order valence-corrected chi connectivity index (χ2v) is 4.80. The van der Waals surface area contributed by atoms with Crippen LogP contribution in [0.5, 0.6) is 0 Å². The van der Waals surface area contributed by atoms with Crippen LogP contribution in [0.4, 0.5) is 0 Å². The lowest BCUT2D eigenvalue weighted by molar-refractivity contribution is -0.131. The van der Waals surface area contributed by atoms with Crippen LogP contribution in [0.2, 0.25) is 0 Å². The first-order chi connectivity index (χ1) is 7.64. The molecule has 0 aromatic carbocycles. The molecule has 1 amide bonds. The van der Waals surface area contributed by atoms with E-state index in [1.165, 1.54) is 0 Å². The van der Waals surface area contributed by atoms with Gasteiger partial charge in [0.2, 0.25) is 5.91 Å². The van der Waals surface area contributed by atoms with Crippen molar-refractivity contribution in [2.75, 3.05) is 19.7 Å². The van der Waals surface area contributed by atoms with E-state index in [-0.39, 0.29) is 24.0 Å². The zero-order valence-corrected chi connectivity index (χ0v) is 10.4. The van der Waals surface area contributed by atoms with Crippen LogP contribution in [0.25, 0.3) is 0 Å². The Hall–Kier alpha value is -0.610. The number of hydrogen-bond donors (Lipinski definition) is 3. The highest BCUT2D eigenvalue weighted by molar-refractivity contribution is 5.83. The molecule has 1 fully saturated rings. The van der Waals surface area contributed by atoms with Crippen molar-refractivity contribution >= 4 is 5.91 Å². The summed E-state index contributed by atoms with van der Waals surface area (Å²) in [4.78, 5) is 12.2. The first-order valence-corrected chi connectivity index (χ1v) is 6.27. The van der Waals surface area contributed by atoms with Crippen LogP contribution in [-0.2, 0) is 4.79 Å². The van der Waals surface area contributed by atoms with E-state index in [4.69, 9.17) is 5.11 Å². The van der Waals surface area contributed by atoms with Gasteiger partial charge in [0.15, 0.2) is 0 Å².